The van der Waals surface area contributed by atoms with Crippen LogP contribution >= 0.6 is 0 Å². The van der Waals surface area contributed by atoms with Gasteiger partial charge in [0.2, 0.25) is 5.91 Å². The summed E-state index contributed by atoms with van der Waals surface area (Å²) < 4.78 is 24.2. The van der Waals surface area contributed by atoms with Crippen molar-refractivity contribution in [2.45, 2.75) is 26.3 Å². The molecule has 0 saturated heterocycles. The lowest BCUT2D eigenvalue weighted by atomic mass is 9.95. The summed E-state index contributed by atoms with van der Waals surface area (Å²) in [5.41, 5.74) is 1.76. The maximum absolute atomic E-state index is 13.0. The standard InChI is InChI=1S/C20H22FNO3/c1-13(2)20(15-5-8-17-18(12-15)25-10-9-24-17)22-19(23)11-14-3-6-16(21)7-4-14/h3-8,12-13,20H,9-11H2,1-2H3,(H,22,23). The molecular weight excluding hydrogens is 321 g/mol. The van der Waals surface area contributed by atoms with Crippen molar-refractivity contribution in [2.24, 2.45) is 5.92 Å². The molecule has 0 fully saturated rings. The second-order valence-corrected chi connectivity index (χ2v) is 6.50. The summed E-state index contributed by atoms with van der Waals surface area (Å²) in [6.07, 6.45) is 0.216. The Bertz CT molecular complexity index is 743. The third-order valence-corrected chi connectivity index (χ3v) is 4.19. The van der Waals surface area contributed by atoms with E-state index in [0.717, 1.165) is 16.9 Å². The number of benzene rings is 2. The molecule has 1 N–H and O–H groups in total. The molecule has 25 heavy (non-hydrogen) atoms. The van der Waals surface area contributed by atoms with Crippen molar-refractivity contribution in [3.8, 4) is 11.5 Å². The van der Waals surface area contributed by atoms with Crippen LogP contribution in [0.4, 0.5) is 4.39 Å². The van der Waals surface area contributed by atoms with Crippen LogP contribution in [0.3, 0.4) is 0 Å². The molecule has 3 rings (SSSR count). The van der Waals surface area contributed by atoms with E-state index in [-0.39, 0.29) is 30.1 Å². The van der Waals surface area contributed by atoms with Gasteiger partial charge in [-0.25, -0.2) is 4.39 Å². The van der Waals surface area contributed by atoms with Crippen LogP contribution in [0.2, 0.25) is 0 Å². The van der Waals surface area contributed by atoms with Gasteiger partial charge in [0.15, 0.2) is 11.5 Å². The van der Waals surface area contributed by atoms with Gasteiger partial charge < -0.3 is 14.8 Å². The Morgan fingerprint density at radius 1 is 1.08 bits per heavy atom. The summed E-state index contributed by atoms with van der Waals surface area (Å²) in [5, 5.41) is 3.07. The Hall–Kier alpha value is -2.56. The van der Waals surface area contributed by atoms with Gasteiger partial charge in [-0.2, -0.15) is 0 Å². The van der Waals surface area contributed by atoms with Crippen LogP contribution in [0, 0.1) is 11.7 Å². The summed E-state index contributed by atoms with van der Waals surface area (Å²) in [4.78, 5) is 12.4. The SMILES string of the molecule is CC(C)C(NC(=O)Cc1ccc(F)cc1)c1ccc2c(c1)OCCO2. The summed E-state index contributed by atoms with van der Waals surface area (Å²) in [6.45, 7) is 5.19. The molecule has 1 atom stereocenters. The largest absolute Gasteiger partial charge is 0.486 e. The van der Waals surface area contributed by atoms with Crippen molar-refractivity contribution in [3.63, 3.8) is 0 Å². The van der Waals surface area contributed by atoms with E-state index in [1.807, 2.05) is 18.2 Å². The zero-order valence-electron chi connectivity index (χ0n) is 14.4. The number of carbonyl (C=O) groups excluding carboxylic acids is 1. The van der Waals surface area contributed by atoms with E-state index in [4.69, 9.17) is 9.47 Å². The molecule has 2 aromatic rings. The maximum atomic E-state index is 13.0. The van der Waals surface area contributed by atoms with Crippen molar-refractivity contribution in [1.29, 1.82) is 0 Å². The molecule has 1 heterocycles. The molecule has 0 spiro atoms. The van der Waals surface area contributed by atoms with Gasteiger partial charge in [0, 0.05) is 0 Å². The molecule has 132 valence electrons. The van der Waals surface area contributed by atoms with E-state index in [1.165, 1.54) is 12.1 Å². The molecule has 1 aliphatic heterocycles. The van der Waals surface area contributed by atoms with Gasteiger partial charge in [0.05, 0.1) is 12.5 Å². The zero-order chi connectivity index (χ0) is 17.8. The van der Waals surface area contributed by atoms with Gasteiger partial charge in [-0.1, -0.05) is 32.0 Å². The zero-order valence-corrected chi connectivity index (χ0v) is 14.4. The van der Waals surface area contributed by atoms with E-state index in [9.17, 15) is 9.18 Å². The molecule has 0 aliphatic carbocycles. The first-order valence-corrected chi connectivity index (χ1v) is 8.46. The molecule has 2 aromatic carbocycles. The van der Waals surface area contributed by atoms with E-state index < -0.39 is 0 Å². The lowest BCUT2D eigenvalue weighted by Gasteiger charge is -2.25. The molecule has 1 unspecified atom stereocenters. The Labute approximate surface area is 147 Å². The average molecular weight is 343 g/mol. The number of ether oxygens (including phenoxy) is 2. The molecule has 0 aromatic heterocycles. The number of rotatable bonds is 5. The van der Waals surface area contributed by atoms with E-state index >= 15 is 0 Å². The predicted octanol–water partition coefficient (Wildman–Crippen LogP) is 3.65. The number of halogens is 1. The summed E-state index contributed by atoms with van der Waals surface area (Å²) in [7, 11) is 0. The summed E-state index contributed by atoms with van der Waals surface area (Å²) in [5.74, 6) is 1.25. The van der Waals surface area contributed by atoms with Gasteiger partial charge in [-0.3, -0.25) is 4.79 Å². The van der Waals surface area contributed by atoms with Gasteiger partial charge >= 0.3 is 0 Å². The Kier molecular flexibility index (Phi) is 5.22. The van der Waals surface area contributed by atoms with Crippen LogP contribution in [-0.4, -0.2) is 19.1 Å². The monoisotopic (exact) mass is 343 g/mol. The fourth-order valence-corrected chi connectivity index (χ4v) is 2.90. The van der Waals surface area contributed by atoms with Crippen LogP contribution in [0.25, 0.3) is 0 Å². The number of fused-ring (bicyclic) bond motifs is 1. The highest BCUT2D eigenvalue weighted by molar-refractivity contribution is 5.79. The fraction of sp³-hybridized carbons (Fsp3) is 0.350. The van der Waals surface area contributed by atoms with Crippen molar-refractivity contribution in [3.05, 3.63) is 59.4 Å². The Morgan fingerprint density at radius 3 is 2.44 bits per heavy atom. The molecule has 1 amide bonds. The number of hydrogen-bond acceptors (Lipinski definition) is 3. The lowest BCUT2D eigenvalue weighted by molar-refractivity contribution is -0.121. The van der Waals surface area contributed by atoms with Crippen LogP contribution in [0.1, 0.15) is 31.0 Å². The number of carbonyl (C=O) groups is 1. The van der Waals surface area contributed by atoms with Crippen molar-refractivity contribution >= 4 is 5.91 Å². The van der Waals surface area contributed by atoms with Crippen LogP contribution in [-0.2, 0) is 11.2 Å². The topological polar surface area (TPSA) is 47.6 Å². The van der Waals surface area contributed by atoms with Crippen molar-refractivity contribution in [1.82, 2.24) is 5.32 Å². The number of amides is 1. The third kappa shape index (κ3) is 4.29. The minimum atomic E-state index is -0.305. The van der Waals surface area contributed by atoms with E-state index in [1.54, 1.807) is 12.1 Å². The summed E-state index contributed by atoms with van der Waals surface area (Å²) >= 11 is 0. The molecule has 1 aliphatic rings. The molecule has 5 heteroatoms. The first-order chi connectivity index (χ1) is 12.0. The second-order valence-electron chi connectivity index (χ2n) is 6.50. The molecule has 0 radical (unpaired) electrons. The lowest BCUT2D eigenvalue weighted by Crippen LogP contribution is -2.33. The number of nitrogens with one attached hydrogen (secondary N) is 1. The highest BCUT2D eigenvalue weighted by Gasteiger charge is 2.21. The van der Waals surface area contributed by atoms with Crippen LogP contribution in [0.15, 0.2) is 42.5 Å². The van der Waals surface area contributed by atoms with Crippen molar-refractivity contribution in [2.75, 3.05) is 13.2 Å². The van der Waals surface area contributed by atoms with Gasteiger partial charge in [-0.15, -0.1) is 0 Å². The van der Waals surface area contributed by atoms with Crippen molar-refractivity contribution < 1.29 is 18.7 Å². The predicted molar refractivity (Wildman–Crippen MR) is 93.3 cm³/mol. The van der Waals surface area contributed by atoms with Gasteiger partial charge in [0.25, 0.3) is 0 Å². The molecular formula is C20H22FNO3. The van der Waals surface area contributed by atoms with E-state index in [0.29, 0.717) is 19.0 Å². The quantitative estimate of drug-likeness (QED) is 0.901. The smallest absolute Gasteiger partial charge is 0.224 e. The van der Waals surface area contributed by atoms with Gasteiger partial charge in [-0.05, 0) is 41.3 Å². The Balaban J connectivity index is 1.72. The Morgan fingerprint density at radius 2 is 1.76 bits per heavy atom. The maximum Gasteiger partial charge on any atom is 0.224 e. The first-order valence-electron chi connectivity index (χ1n) is 8.46. The van der Waals surface area contributed by atoms with Crippen LogP contribution < -0.4 is 14.8 Å². The van der Waals surface area contributed by atoms with E-state index in [2.05, 4.69) is 19.2 Å². The summed E-state index contributed by atoms with van der Waals surface area (Å²) in [6, 6.07) is 11.6. The van der Waals surface area contributed by atoms with Gasteiger partial charge in [0.1, 0.15) is 19.0 Å². The molecule has 4 nitrogen and oxygen atoms in total. The second kappa shape index (κ2) is 7.55. The molecule has 0 bridgehead atoms. The van der Waals surface area contributed by atoms with Crippen LogP contribution in [0.5, 0.6) is 11.5 Å². The minimum Gasteiger partial charge on any atom is -0.486 e. The average Bonchev–Trinajstić information content (AvgIpc) is 2.61. The fourth-order valence-electron chi connectivity index (χ4n) is 2.90. The third-order valence-electron chi connectivity index (χ3n) is 4.19. The number of hydrogen-bond donors (Lipinski definition) is 1. The first kappa shape index (κ1) is 17.3. The highest BCUT2D eigenvalue weighted by Crippen LogP contribution is 2.34. The highest BCUT2D eigenvalue weighted by atomic mass is 19.1. The minimum absolute atomic E-state index is 0.0970. The molecule has 0 saturated carbocycles. The normalized spacial score (nSPS) is 14.2.